The summed E-state index contributed by atoms with van der Waals surface area (Å²) in [4.78, 5) is 12.0. The van der Waals surface area contributed by atoms with Crippen LogP contribution in [-0.4, -0.2) is 29.8 Å². The zero-order valence-electron chi connectivity index (χ0n) is 12.4. The fourth-order valence-electron chi connectivity index (χ4n) is 2.83. The highest BCUT2D eigenvalue weighted by Crippen LogP contribution is 2.29. The zero-order chi connectivity index (χ0) is 16.0. The number of alkyl halides is 2. The minimum atomic E-state index is -2.84. The molecule has 0 aliphatic heterocycles. The maximum Gasteiger partial charge on any atom is 0.387 e. The van der Waals surface area contributed by atoms with Gasteiger partial charge in [0.15, 0.2) is 0 Å². The zero-order valence-corrected chi connectivity index (χ0v) is 12.4. The minimum Gasteiger partial charge on any atom is -0.435 e. The van der Waals surface area contributed by atoms with E-state index >= 15 is 0 Å². The van der Waals surface area contributed by atoms with Crippen LogP contribution in [0.25, 0.3) is 0 Å². The third-order valence-corrected chi connectivity index (χ3v) is 4.06. The Bertz CT molecular complexity index is 485. The van der Waals surface area contributed by atoms with Gasteiger partial charge in [0.05, 0.1) is 12.1 Å². The lowest BCUT2D eigenvalue weighted by Gasteiger charge is -2.28. The smallest absolute Gasteiger partial charge is 0.387 e. The van der Waals surface area contributed by atoms with Crippen molar-refractivity contribution in [3.63, 3.8) is 0 Å². The highest BCUT2D eigenvalue weighted by molar-refractivity contribution is 5.77. The second-order valence-corrected chi connectivity index (χ2v) is 5.72. The molecule has 0 bridgehead atoms. The second-order valence-electron chi connectivity index (χ2n) is 5.72. The molecule has 1 saturated carbocycles. The Kier molecular flexibility index (Phi) is 5.71. The number of carbonyl (C=O) groups excluding carboxylic acids is 1. The van der Waals surface area contributed by atoms with E-state index in [0.29, 0.717) is 12.8 Å². The largest absolute Gasteiger partial charge is 0.435 e. The average molecular weight is 313 g/mol. The number of nitrogens with one attached hydrogen (secondary N) is 1. The van der Waals surface area contributed by atoms with Gasteiger partial charge in [0.2, 0.25) is 5.91 Å². The molecule has 1 aliphatic rings. The Hall–Kier alpha value is -1.69. The molecule has 6 heteroatoms. The fraction of sp³-hybridized carbons (Fsp3) is 0.562. The third-order valence-electron chi connectivity index (χ3n) is 4.06. The molecule has 0 heterocycles. The van der Waals surface area contributed by atoms with Crippen molar-refractivity contribution in [1.82, 2.24) is 5.32 Å². The van der Waals surface area contributed by atoms with Gasteiger partial charge in [0.25, 0.3) is 0 Å². The fourth-order valence-corrected chi connectivity index (χ4v) is 2.83. The molecule has 22 heavy (non-hydrogen) atoms. The number of halogens is 2. The first-order chi connectivity index (χ1) is 10.5. The molecule has 0 spiro atoms. The maximum atomic E-state index is 12.0. The molecule has 0 atom stereocenters. The normalized spacial score (nSPS) is 16.7. The Labute approximate surface area is 128 Å². The Balaban J connectivity index is 1.80. The van der Waals surface area contributed by atoms with Crippen molar-refractivity contribution in [2.24, 2.45) is 0 Å². The summed E-state index contributed by atoms with van der Waals surface area (Å²) in [5.74, 6) is 0.0113. The Morgan fingerprint density at radius 1 is 1.27 bits per heavy atom. The number of amides is 1. The topological polar surface area (TPSA) is 58.6 Å². The summed E-state index contributed by atoms with van der Waals surface area (Å²) in [5, 5.41) is 12.4. The molecule has 1 aliphatic carbocycles. The number of ether oxygens (including phenoxy) is 1. The molecule has 122 valence electrons. The molecule has 0 saturated heterocycles. The van der Waals surface area contributed by atoms with Gasteiger partial charge in [-0.2, -0.15) is 8.78 Å². The van der Waals surface area contributed by atoms with Crippen LogP contribution in [0.15, 0.2) is 24.3 Å². The Morgan fingerprint density at radius 2 is 1.91 bits per heavy atom. The van der Waals surface area contributed by atoms with E-state index in [4.69, 9.17) is 0 Å². The van der Waals surface area contributed by atoms with Crippen LogP contribution in [0.4, 0.5) is 8.78 Å². The summed E-state index contributed by atoms with van der Waals surface area (Å²) in [5.41, 5.74) is 0.424. The van der Waals surface area contributed by atoms with Gasteiger partial charge in [-0.1, -0.05) is 25.0 Å². The lowest BCUT2D eigenvalue weighted by molar-refractivity contribution is -0.123. The molecule has 1 fully saturated rings. The summed E-state index contributed by atoms with van der Waals surface area (Å²) in [6.45, 7) is -2.86. The molecule has 0 aromatic heterocycles. The van der Waals surface area contributed by atoms with E-state index < -0.39 is 12.2 Å². The van der Waals surface area contributed by atoms with E-state index in [2.05, 4.69) is 10.1 Å². The van der Waals surface area contributed by atoms with E-state index in [1.165, 1.54) is 12.1 Å². The molecule has 0 radical (unpaired) electrons. The van der Waals surface area contributed by atoms with E-state index in [9.17, 15) is 18.7 Å². The highest BCUT2D eigenvalue weighted by Gasteiger charge is 2.34. The van der Waals surface area contributed by atoms with Gasteiger partial charge in [0, 0.05) is 6.42 Å². The monoisotopic (exact) mass is 313 g/mol. The van der Waals surface area contributed by atoms with Crippen LogP contribution in [0.3, 0.4) is 0 Å². The molecular formula is C16H21F2NO3. The summed E-state index contributed by atoms with van der Waals surface area (Å²) >= 11 is 0. The number of aryl methyl sites for hydroxylation is 1. The maximum absolute atomic E-state index is 12.0. The van der Waals surface area contributed by atoms with Gasteiger partial charge < -0.3 is 15.2 Å². The first-order valence-electron chi connectivity index (χ1n) is 7.49. The summed E-state index contributed by atoms with van der Waals surface area (Å²) < 4.78 is 28.4. The molecule has 4 nitrogen and oxygen atoms in total. The Morgan fingerprint density at radius 3 is 2.45 bits per heavy atom. The lowest BCUT2D eigenvalue weighted by atomic mass is 9.98. The summed E-state index contributed by atoms with van der Waals surface area (Å²) in [6.07, 6.45) is 4.49. The average Bonchev–Trinajstić information content (AvgIpc) is 2.95. The first-order valence-corrected chi connectivity index (χ1v) is 7.49. The van der Waals surface area contributed by atoms with Crippen LogP contribution in [0.2, 0.25) is 0 Å². The molecule has 1 aromatic rings. The van der Waals surface area contributed by atoms with Crippen LogP contribution in [0.1, 0.15) is 37.7 Å². The number of aliphatic hydroxyl groups is 1. The molecule has 0 unspecified atom stereocenters. The molecular weight excluding hydrogens is 292 g/mol. The third kappa shape index (κ3) is 4.66. The molecule has 1 amide bonds. The SMILES string of the molecule is O=C(CCc1ccc(OC(F)F)cc1)NC1(CO)CCCC1. The van der Waals surface area contributed by atoms with Crippen LogP contribution in [-0.2, 0) is 11.2 Å². The summed E-state index contributed by atoms with van der Waals surface area (Å²) in [7, 11) is 0. The van der Waals surface area contributed by atoms with Crippen molar-refractivity contribution < 1.29 is 23.4 Å². The number of rotatable bonds is 7. The van der Waals surface area contributed by atoms with Gasteiger partial charge in [0.1, 0.15) is 5.75 Å². The van der Waals surface area contributed by atoms with Crippen molar-refractivity contribution in [2.45, 2.75) is 50.7 Å². The molecule has 1 aromatic carbocycles. The van der Waals surface area contributed by atoms with Crippen LogP contribution in [0, 0.1) is 0 Å². The van der Waals surface area contributed by atoms with E-state index in [1.54, 1.807) is 12.1 Å². The van der Waals surface area contributed by atoms with Crippen molar-refractivity contribution in [1.29, 1.82) is 0 Å². The number of benzene rings is 1. The summed E-state index contributed by atoms with van der Waals surface area (Å²) in [6, 6.07) is 6.27. The van der Waals surface area contributed by atoms with E-state index in [0.717, 1.165) is 31.2 Å². The van der Waals surface area contributed by atoms with Crippen LogP contribution in [0.5, 0.6) is 5.75 Å². The van der Waals surface area contributed by atoms with Gasteiger partial charge in [-0.05, 0) is 37.0 Å². The number of hydrogen-bond donors (Lipinski definition) is 2. The number of carbonyl (C=O) groups is 1. The highest BCUT2D eigenvalue weighted by atomic mass is 19.3. The van der Waals surface area contributed by atoms with Crippen LogP contribution < -0.4 is 10.1 Å². The minimum absolute atomic E-state index is 0.0294. The van der Waals surface area contributed by atoms with E-state index in [-0.39, 0.29) is 18.3 Å². The molecule has 2 rings (SSSR count). The lowest BCUT2D eigenvalue weighted by Crippen LogP contribution is -2.49. The predicted molar refractivity (Wildman–Crippen MR) is 77.8 cm³/mol. The van der Waals surface area contributed by atoms with Gasteiger partial charge in [-0.3, -0.25) is 4.79 Å². The quantitative estimate of drug-likeness (QED) is 0.813. The number of aliphatic hydroxyl groups excluding tert-OH is 1. The second kappa shape index (κ2) is 7.54. The van der Waals surface area contributed by atoms with E-state index in [1.807, 2.05) is 0 Å². The van der Waals surface area contributed by atoms with Crippen molar-refractivity contribution >= 4 is 5.91 Å². The van der Waals surface area contributed by atoms with Gasteiger partial charge in [-0.25, -0.2) is 0 Å². The van der Waals surface area contributed by atoms with Crippen molar-refractivity contribution in [3.05, 3.63) is 29.8 Å². The van der Waals surface area contributed by atoms with Crippen molar-refractivity contribution in [3.8, 4) is 5.75 Å². The van der Waals surface area contributed by atoms with Crippen molar-refractivity contribution in [2.75, 3.05) is 6.61 Å². The number of hydrogen-bond acceptors (Lipinski definition) is 3. The van der Waals surface area contributed by atoms with Crippen LogP contribution >= 0.6 is 0 Å². The standard InChI is InChI=1S/C16H21F2NO3/c17-15(18)22-13-6-3-12(4-7-13)5-8-14(21)19-16(11-20)9-1-2-10-16/h3-4,6-7,15,20H,1-2,5,8-11H2,(H,19,21). The first kappa shape index (κ1) is 16.7. The van der Waals surface area contributed by atoms with Gasteiger partial charge >= 0.3 is 6.61 Å². The molecule has 2 N–H and O–H groups in total. The van der Waals surface area contributed by atoms with Gasteiger partial charge in [-0.15, -0.1) is 0 Å². The predicted octanol–water partition coefficient (Wildman–Crippen LogP) is 2.64.